The second-order valence-corrected chi connectivity index (χ2v) is 4.93. The first-order chi connectivity index (χ1) is 8.81. The molecule has 0 rings (SSSR count). The molecule has 1 unspecified atom stereocenters. The van der Waals surface area contributed by atoms with Crippen LogP contribution >= 0.6 is 0 Å². The summed E-state index contributed by atoms with van der Waals surface area (Å²) in [5.74, 6) is 0. The molecule has 18 heavy (non-hydrogen) atoms. The minimum atomic E-state index is -0.0503. The van der Waals surface area contributed by atoms with Crippen LogP contribution in [0.4, 0.5) is 0 Å². The van der Waals surface area contributed by atoms with Gasteiger partial charge in [0.25, 0.3) is 0 Å². The van der Waals surface area contributed by atoms with Gasteiger partial charge < -0.3 is 15.2 Å². The van der Waals surface area contributed by atoms with Gasteiger partial charge in [-0.3, -0.25) is 0 Å². The molecule has 0 aliphatic heterocycles. The third kappa shape index (κ3) is 13.9. The largest absolute Gasteiger partial charge is 0.353 e. The Bertz CT molecular complexity index is 137. The summed E-state index contributed by atoms with van der Waals surface area (Å²) in [4.78, 5) is 0. The van der Waals surface area contributed by atoms with Crippen LogP contribution in [0, 0.1) is 0 Å². The van der Waals surface area contributed by atoms with E-state index in [1.165, 1.54) is 38.5 Å². The monoisotopic (exact) mass is 259 g/mol. The average molecular weight is 259 g/mol. The topological polar surface area (TPSA) is 44.5 Å². The number of hydrogen-bond acceptors (Lipinski definition) is 3. The molecule has 0 aromatic heterocycles. The minimum Gasteiger partial charge on any atom is -0.353 e. The van der Waals surface area contributed by atoms with Crippen molar-refractivity contribution in [2.24, 2.45) is 5.73 Å². The molecule has 0 aliphatic rings. The third-order valence-electron chi connectivity index (χ3n) is 3.05. The van der Waals surface area contributed by atoms with Crippen LogP contribution in [-0.4, -0.2) is 26.0 Å². The van der Waals surface area contributed by atoms with Gasteiger partial charge in [-0.15, -0.1) is 0 Å². The molecule has 0 amide bonds. The smallest absolute Gasteiger partial charge is 0.154 e. The number of rotatable bonds is 14. The standard InChI is InChI=1S/C15H33NO2/c1-3-4-5-7-10-13-17-15(2)18-14-11-8-6-9-12-16/h15H,3-14,16H2,1-2H3. The zero-order valence-corrected chi connectivity index (χ0v) is 12.5. The summed E-state index contributed by atoms with van der Waals surface area (Å²) in [6.07, 6.45) is 11.0. The highest BCUT2D eigenvalue weighted by atomic mass is 16.7. The first-order valence-electron chi connectivity index (χ1n) is 7.74. The Morgan fingerprint density at radius 3 is 1.78 bits per heavy atom. The normalized spacial score (nSPS) is 12.8. The number of hydrogen-bond donors (Lipinski definition) is 1. The molecule has 0 saturated carbocycles. The maximum Gasteiger partial charge on any atom is 0.154 e. The lowest BCUT2D eigenvalue weighted by Crippen LogP contribution is -2.14. The van der Waals surface area contributed by atoms with Crippen LogP contribution in [0.15, 0.2) is 0 Å². The molecule has 0 saturated heterocycles. The van der Waals surface area contributed by atoms with E-state index < -0.39 is 0 Å². The first kappa shape index (κ1) is 17.9. The Morgan fingerprint density at radius 1 is 0.778 bits per heavy atom. The Balaban J connectivity index is 3.10. The second kappa shape index (κ2) is 14.9. The van der Waals surface area contributed by atoms with Gasteiger partial charge in [0, 0.05) is 13.2 Å². The van der Waals surface area contributed by atoms with Crippen LogP contribution in [0.5, 0.6) is 0 Å². The van der Waals surface area contributed by atoms with Gasteiger partial charge in [-0.1, -0.05) is 45.4 Å². The molecule has 3 heteroatoms. The number of unbranched alkanes of at least 4 members (excludes halogenated alkanes) is 7. The summed E-state index contributed by atoms with van der Waals surface area (Å²) in [7, 11) is 0. The molecule has 0 heterocycles. The van der Waals surface area contributed by atoms with Crippen molar-refractivity contribution in [3.05, 3.63) is 0 Å². The summed E-state index contributed by atoms with van der Waals surface area (Å²) in [6.45, 7) is 6.67. The molecule has 0 aromatic carbocycles. The van der Waals surface area contributed by atoms with E-state index >= 15 is 0 Å². The van der Waals surface area contributed by atoms with Crippen molar-refractivity contribution in [3.8, 4) is 0 Å². The maximum atomic E-state index is 5.61. The predicted octanol–water partition coefficient (Wildman–Crippen LogP) is 3.86. The predicted molar refractivity (Wildman–Crippen MR) is 77.6 cm³/mol. The Kier molecular flexibility index (Phi) is 14.8. The number of nitrogens with two attached hydrogens (primary N) is 1. The third-order valence-corrected chi connectivity index (χ3v) is 3.05. The molecule has 0 fully saturated rings. The van der Waals surface area contributed by atoms with Crippen molar-refractivity contribution in [2.75, 3.05) is 19.8 Å². The second-order valence-electron chi connectivity index (χ2n) is 4.93. The molecular weight excluding hydrogens is 226 g/mol. The van der Waals surface area contributed by atoms with Gasteiger partial charge in [-0.25, -0.2) is 0 Å². The van der Waals surface area contributed by atoms with E-state index in [1.807, 2.05) is 6.92 Å². The zero-order chi connectivity index (χ0) is 13.5. The van der Waals surface area contributed by atoms with E-state index in [-0.39, 0.29) is 6.29 Å². The van der Waals surface area contributed by atoms with Crippen LogP contribution in [0.1, 0.15) is 71.6 Å². The van der Waals surface area contributed by atoms with Gasteiger partial charge in [0.2, 0.25) is 0 Å². The van der Waals surface area contributed by atoms with Crippen LogP contribution in [-0.2, 0) is 9.47 Å². The van der Waals surface area contributed by atoms with Crippen LogP contribution in [0.3, 0.4) is 0 Å². The minimum absolute atomic E-state index is 0.0503. The van der Waals surface area contributed by atoms with E-state index in [4.69, 9.17) is 15.2 Å². The SMILES string of the molecule is CCCCCCCOC(C)OCCCCCCN. The van der Waals surface area contributed by atoms with Crippen LogP contribution < -0.4 is 5.73 Å². The molecule has 0 aromatic rings. The lowest BCUT2D eigenvalue weighted by Gasteiger charge is -2.14. The van der Waals surface area contributed by atoms with Crippen molar-refractivity contribution in [3.63, 3.8) is 0 Å². The molecule has 3 nitrogen and oxygen atoms in total. The molecule has 110 valence electrons. The number of ether oxygens (including phenoxy) is 2. The van der Waals surface area contributed by atoms with E-state index in [1.54, 1.807) is 0 Å². The van der Waals surface area contributed by atoms with Gasteiger partial charge >= 0.3 is 0 Å². The van der Waals surface area contributed by atoms with Gasteiger partial charge in [0.15, 0.2) is 6.29 Å². The van der Waals surface area contributed by atoms with Crippen molar-refractivity contribution >= 4 is 0 Å². The summed E-state index contributed by atoms with van der Waals surface area (Å²) in [5.41, 5.74) is 5.44. The van der Waals surface area contributed by atoms with Crippen LogP contribution in [0.25, 0.3) is 0 Å². The Labute approximate surface area is 113 Å². The highest BCUT2D eigenvalue weighted by Crippen LogP contribution is 2.05. The summed E-state index contributed by atoms with van der Waals surface area (Å²) in [5, 5.41) is 0. The summed E-state index contributed by atoms with van der Waals surface area (Å²) >= 11 is 0. The molecule has 0 bridgehead atoms. The highest BCUT2D eigenvalue weighted by Gasteiger charge is 2.01. The highest BCUT2D eigenvalue weighted by molar-refractivity contribution is 4.45. The Morgan fingerprint density at radius 2 is 1.28 bits per heavy atom. The molecule has 0 aliphatic carbocycles. The molecule has 0 radical (unpaired) electrons. The van der Waals surface area contributed by atoms with Crippen molar-refractivity contribution in [1.82, 2.24) is 0 Å². The summed E-state index contributed by atoms with van der Waals surface area (Å²) in [6, 6.07) is 0. The summed E-state index contributed by atoms with van der Waals surface area (Å²) < 4.78 is 11.2. The lowest BCUT2D eigenvalue weighted by atomic mass is 10.2. The molecule has 0 spiro atoms. The van der Waals surface area contributed by atoms with Crippen molar-refractivity contribution < 1.29 is 9.47 Å². The van der Waals surface area contributed by atoms with E-state index in [0.717, 1.165) is 39.0 Å². The van der Waals surface area contributed by atoms with Gasteiger partial charge in [0.05, 0.1) is 0 Å². The van der Waals surface area contributed by atoms with Crippen molar-refractivity contribution in [1.29, 1.82) is 0 Å². The fourth-order valence-electron chi connectivity index (χ4n) is 1.85. The quantitative estimate of drug-likeness (QED) is 0.380. The van der Waals surface area contributed by atoms with E-state index in [0.29, 0.717) is 0 Å². The lowest BCUT2D eigenvalue weighted by molar-refractivity contribution is -0.131. The van der Waals surface area contributed by atoms with Gasteiger partial charge in [0.1, 0.15) is 0 Å². The van der Waals surface area contributed by atoms with Crippen LogP contribution in [0.2, 0.25) is 0 Å². The van der Waals surface area contributed by atoms with Gasteiger partial charge in [-0.2, -0.15) is 0 Å². The Hall–Kier alpha value is -0.120. The fraction of sp³-hybridized carbons (Fsp3) is 1.00. The van der Waals surface area contributed by atoms with E-state index in [9.17, 15) is 0 Å². The molecular formula is C15H33NO2. The zero-order valence-electron chi connectivity index (χ0n) is 12.5. The molecule has 2 N–H and O–H groups in total. The van der Waals surface area contributed by atoms with Gasteiger partial charge in [-0.05, 0) is 32.7 Å². The van der Waals surface area contributed by atoms with E-state index in [2.05, 4.69) is 6.92 Å². The average Bonchev–Trinajstić information content (AvgIpc) is 2.38. The molecule has 1 atom stereocenters. The first-order valence-corrected chi connectivity index (χ1v) is 7.74. The fourth-order valence-corrected chi connectivity index (χ4v) is 1.85. The van der Waals surface area contributed by atoms with Crippen molar-refractivity contribution in [2.45, 2.75) is 77.9 Å². The maximum absolute atomic E-state index is 5.61.